The number of hydrogen-bond donors (Lipinski definition) is 0. The summed E-state index contributed by atoms with van der Waals surface area (Å²) >= 11 is 5.26. The molecule has 0 aromatic carbocycles. The SMILES string of the molecule is Cc1onc(F)c1Cl. The second-order valence-corrected chi connectivity index (χ2v) is 1.72. The average molecular weight is 136 g/mol. The van der Waals surface area contributed by atoms with Crippen LogP contribution in [0.2, 0.25) is 5.02 Å². The minimum Gasteiger partial charge on any atom is -0.357 e. The van der Waals surface area contributed by atoms with Crippen molar-refractivity contribution in [2.45, 2.75) is 6.92 Å². The maximum Gasteiger partial charge on any atom is 0.272 e. The first kappa shape index (κ1) is 5.56. The van der Waals surface area contributed by atoms with Gasteiger partial charge in [0.25, 0.3) is 5.95 Å². The highest BCUT2D eigenvalue weighted by Crippen LogP contribution is 2.16. The summed E-state index contributed by atoms with van der Waals surface area (Å²) in [6.45, 7) is 1.54. The monoisotopic (exact) mass is 135 g/mol. The Hall–Kier alpha value is -0.570. The van der Waals surface area contributed by atoms with Crippen LogP contribution in [0.1, 0.15) is 5.76 Å². The maximum absolute atomic E-state index is 12.0. The van der Waals surface area contributed by atoms with Crippen LogP contribution in [0.15, 0.2) is 4.52 Å². The Kier molecular flexibility index (Phi) is 1.21. The summed E-state index contributed by atoms with van der Waals surface area (Å²) in [6, 6.07) is 0. The van der Waals surface area contributed by atoms with Gasteiger partial charge in [-0.3, -0.25) is 0 Å². The summed E-state index contributed by atoms with van der Waals surface area (Å²) in [4.78, 5) is 0. The lowest BCUT2D eigenvalue weighted by atomic mass is 10.5. The van der Waals surface area contributed by atoms with E-state index >= 15 is 0 Å². The molecular weight excluding hydrogens is 133 g/mol. The zero-order chi connectivity index (χ0) is 6.15. The van der Waals surface area contributed by atoms with Gasteiger partial charge < -0.3 is 4.52 Å². The third-order valence-electron chi connectivity index (χ3n) is 0.753. The quantitative estimate of drug-likeness (QED) is 0.542. The summed E-state index contributed by atoms with van der Waals surface area (Å²) in [5, 5.41) is 2.91. The molecule has 0 unspecified atom stereocenters. The molecule has 1 heterocycles. The second-order valence-electron chi connectivity index (χ2n) is 1.34. The third kappa shape index (κ3) is 0.690. The van der Waals surface area contributed by atoms with E-state index in [4.69, 9.17) is 11.6 Å². The van der Waals surface area contributed by atoms with Crippen LogP contribution in [0.25, 0.3) is 0 Å². The van der Waals surface area contributed by atoms with Crippen molar-refractivity contribution in [3.63, 3.8) is 0 Å². The molecule has 0 aliphatic heterocycles. The Morgan fingerprint density at radius 1 is 1.75 bits per heavy atom. The molecule has 0 aliphatic rings. The molecule has 0 saturated heterocycles. The zero-order valence-corrected chi connectivity index (χ0v) is 4.87. The lowest BCUT2D eigenvalue weighted by Gasteiger charge is -1.74. The highest BCUT2D eigenvalue weighted by Gasteiger charge is 2.07. The Balaban J connectivity index is 3.19. The van der Waals surface area contributed by atoms with Gasteiger partial charge in [0.2, 0.25) is 0 Å². The van der Waals surface area contributed by atoms with Crippen LogP contribution >= 0.6 is 11.6 Å². The van der Waals surface area contributed by atoms with Crippen LogP contribution in [0.5, 0.6) is 0 Å². The molecule has 0 aliphatic carbocycles. The predicted molar refractivity (Wildman–Crippen MR) is 26.2 cm³/mol. The molecule has 0 N–H and O–H groups in total. The van der Waals surface area contributed by atoms with E-state index in [1.54, 1.807) is 6.92 Å². The van der Waals surface area contributed by atoms with Crippen LogP contribution in [-0.4, -0.2) is 5.16 Å². The van der Waals surface area contributed by atoms with Crippen LogP contribution in [0, 0.1) is 12.9 Å². The van der Waals surface area contributed by atoms with E-state index in [1.165, 1.54) is 0 Å². The van der Waals surface area contributed by atoms with E-state index in [0.717, 1.165) is 0 Å². The molecule has 1 aromatic rings. The van der Waals surface area contributed by atoms with Crippen molar-refractivity contribution in [3.05, 3.63) is 16.7 Å². The fourth-order valence-corrected chi connectivity index (χ4v) is 0.403. The van der Waals surface area contributed by atoms with Gasteiger partial charge in [-0.2, -0.15) is 4.39 Å². The molecule has 0 radical (unpaired) electrons. The summed E-state index contributed by atoms with van der Waals surface area (Å²) in [5.41, 5.74) is 0. The van der Waals surface area contributed by atoms with E-state index in [9.17, 15) is 4.39 Å². The highest BCUT2D eigenvalue weighted by atomic mass is 35.5. The Morgan fingerprint density at radius 2 is 2.38 bits per heavy atom. The molecule has 0 saturated carbocycles. The molecule has 4 heteroatoms. The fourth-order valence-electron chi connectivity index (χ4n) is 0.334. The molecule has 0 fully saturated rings. The molecule has 0 bridgehead atoms. The van der Waals surface area contributed by atoms with Gasteiger partial charge in [-0.25, -0.2) is 0 Å². The van der Waals surface area contributed by atoms with Gasteiger partial charge >= 0.3 is 0 Å². The highest BCUT2D eigenvalue weighted by molar-refractivity contribution is 6.31. The molecule has 1 rings (SSSR count). The first-order chi connectivity index (χ1) is 3.72. The van der Waals surface area contributed by atoms with Crippen LogP contribution < -0.4 is 0 Å². The summed E-state index contributed by atoms with van der Waals surface area (Å²) in [6.07, 6.45) is 0. The van der Waals surface area contributed by atoms with Crippen molar-refractivity contribution >= 4 is 11.6 Å². The first-order valence-corrected chi connectivity index (χ1v) is 2.37. The minimum atomic E-state index is -0.746. The second kappa shape index (κ2) is 1.74. The predicted octanol–water partition coefficient (Wildman–Crippen LogP) is 1.78. The van der Waals surface area contributed by atoms with E-state index in [2.05, 4.69) is 9.68 Å². The van der Waals surface area contributed by atoms with Crippen LogP contribution in [0.4, 0.5) is 4.39 Å². The first-order valence-electron chi connectivity index (χ1n) is 1.99. The molecule has 0 atom stereocenters. The summed E-state index contributed by atoms with van der Waals surface area (Å²) in [5.74, 6) is -0.437. The molecular formula is C4H3ClFNO. The topological polar surface area (TPSA) is 26.0 Å². The van der Waals surface area contributed by atoms with E-state index in [1.807, 2.05) is 0 Å². The normalized spacial score (nSPS) is 9.88. The molecule has 44 valence electrons. The van der Waals surface area contributed by atoms with Crippen molar-refractivity contribution in [3.8, 4) is 0 Å². The van der Waals surface area contributed by atoms with E-state index < -0.39 is 5.95 Å². The van der Waals surface area contributed by atoms with Crippen molar-refractivity contribution in [2.75, 3.05) is 0 Å². The Morgan fingerprint density at radius 3 is 2.50 bits per heavy atom. The smallest absolute Gasteiger partial charge is 0.272 e. The van der Waals surface area contributed by atoms with Gasteiger partial charge in [-0.15, -0.1) is 0 Å². The summed E-state index contributed by atoms with van der Waals surface area (Å²) in [7, 11) is 0. The third-order valence-corrected chi connectivity index (χ3v) is 1.18. The number of halogens is 2. The Bertz CT molecular complexity index is 178. The molecule has 1 aromatic heterocycles. The molecule has 8 heavy (non-hydrogen) atoms. The number of hydrogen-bond acceptors (Lipinski definition) is 2. The number of aryl methyl sites for hydroxylation is 1. The molecule has 0 amide bonds. The zero-order valence-electron chi connectivity index (χ0n) is 4.11. The van der Waals surface area contributed by atoms with Crippen LogP contribution in [-0.2, 0) is 0 Å². The maximum atomic E-state index is 12.0. The number of aromatic nitrogens is 1. The van der Waals surface area contributed by atoms with Crippen molar-refractivity contribution in [1.82, 2.24) is 5.16 Å². The van der Waals surface area contributed by atoms with Gasteiger partial charge in [-0.05, 0) is 12.1 Å². The average Bonchev–Trinajstić information content (AvgIpc) is 1.98. The van der Waals surface area contributed by atoms with Crippen molar-refractivity contribution < 1.29 is 8.91 Å². The van der Waals surface area contributed by atoms with Gasteiger partial charge in [0.05, 0.1) is 0 Å². The lowest BCUT2D eigenvalue weighted by Crippen LogP contribution is -1.67. The lowest BCUT2D eigenvalue weighted by molar-refractivity contribution is 0.360. The van der Waals surface area contributed by atoms with Gasteiger partial charge in [-0.1, -0.05) is 11.6 Å². The standard InChI is InChI=1S/C4H3ClFNO/c1-2-3(5)4(6)7-8-2/h1H3. The number of nitrogens with zero attached hydrogens (tertiary/aromatic N) is 1. The van der Waals surface area contributed by atoms with E-state index in [-0.39, 0.29) is 5.02 Å². The molecule has 0 spiro atoms. The van der Waals surface area contributed by atoms with E-state index in [0.29, 0.717) is 5.76 Å². The largest absolute Gasteiger partial charge is 0.357 e. The van der Waals surface area contributed by atoms with Crippen molar-refractivity contribution in [2.24, 2.45) is 0 Å². The summed E-state index contributed by atoms with van der Waals surface area (Å²) < 4.78 is 16.3. The van der Waals surface area contributed by atoms with Crippen LogP contribution in [0.3, 0.4) is 0 Å². The molecule has 2 nitrogen and oxygen atoms in total. The minimum absolute atomic E-state index is 0.0370. The van der Waals surface area contributed by atoms with Crippen molar-refractivity contribution in [1.29, 1.82) is 0 Å². The Labute approximate surface area is 50.2 Å². The number of rotatable bonds is 0. The van der Waals surface area contributed by atoms with Gasteiger partial charge in [0, 0.05) is 0 Å². The fraction of sp³-hybridized carbons (Fsp3) is 0.250. The van der Waals surface area contributed by atoms with Gasteiger partial charge in [0.1, 0.15) is 5.02 Å². The van der Waals surface area contributed by atoms with Gasteiger partial charge in [0.15, 0.2) is 5.76 Å².